The van der Waals surface area contributed by atoms with Crippen molar-refractivity contribution in [1.29, 1.82) is 0 Å². The summed E-state index contributed by atoms with van der Waals surface area (Å²) < 4.78 is 6.30. The van der Waals surface area contributed by atoms with Crippen LogP contribution in [0.4, 0.5) is 5.13 Å². The number of aromatic nitrogens is 1. The lowest BCUT2D eigenvalue weighted by atomic mass is 10.0. The topological polar surface area (TPSA) is 62.7 Å². The molecular formula is C22H22ClN3O3S. The summed E-state index contributed by atoms with van der Waals surface area (Å²) in [7, 11) is 1.54. The Hall–Kier alpha value is -2.64. The van der Waals surface area contributed by atoms with Gasteiger partial charge in [0, 0.05) is 44.0 Å². The van der Waals surface area contributed by atoms with E-state index in [9.17, 15) is 9.59 Å². The summed E-state index contributed by atoms with van der Waals surface area (Å²) in [5, 5.41) is 1.65. The van der Waals surface area contributed by atoms with Gasteiger partial charge >= 0.3 is 0 Å². The summed E-state index contributed by atoms with van der Waals surface area (Å²) in [6.45, 7) is 2.69. The Morgan fingerprint density at radius 3 is 2.63 bits per heavy atom. The SMILES string of the molecule is COc1ccccc1C(=O)CCC(=O)N1CCN(c2nc3ccc(Cl)cc3s2)CC1. The first-order chi connectivity index (χ1) is 14.5. The number of halogens is 1. The lowest BCUT2D eigenvalue weighted by Gasteiger charge is -2.34. The van der Waals surface area contributed by atoms with E-state index in [2.05, 4.69) is 9.88 Å². The van der Waals surface area contributed by atoms with Gasteiger partial charge in [0.2, 0.25) is 5.91 Å². The van der Waals surface area contributed by atoms with Crippen LogP contribution < -0.4 is 9.64 Å². The number of methoxy groups -OCH3 is 1. The van der Waals surface area contributed by atoms with Crippen molar-refractivity contribution in [2.45, 2.75) is 12.8 Å². The summed E-state index contributed by atoms with van der Waals surface area (Å²) >= 11 is 7.68. The van der Waals surface area contributed by atoms with E-state index in [0.717, 1.165) is 28.4 Å². The molecule has 0 saturated carbocycles. The van der Waals surface area contributed by atoms with E-state index in [1.54, 1.807) is 29.5 Å². The van der Waals surface area contributed by atoms with E-state index < -0.39 is 0 Å². The zero-order valence-corrected chi connectivity index (χ0v) is 18.2. The van der Waals surface area contributed by atoms with Crippen LogP contribution in [0.5, 0.6) is 5.75 Å². The van der Waals surface area contributed by atoms with E-state index in [1.165, 1.54) is 7.11 Å². The summed E-state index contributed by atoms with van der Waals surface area (Å²) in [6.07, 6.45) is 0.384. The number of hydrogen-bond acceptors (Lipinski definition) is 6. The predicted molar refractivity (Wildman–Crippen MR) is 120 cm³/mol. The minimum atomic E-state index is -0.0763. The molecule has 30 heavy (non-hydrogen) atoms. The Bertz CT molecular complexity index is 1080. The lowest BCUT2D eigenvalue weighted by Crippen LogP contribution is -2.48. The minimum absolute atomic E-state index is 0.00831. The van der Waals surface area contributed by atoms with Gasteiger partial charge in [0.25, 0.3) is 0 Å². The second-order valence-corrected chi connectivity index (χ2v) is 8.55. The van der Waals surface area contributed by atoms with Gasteiger partial charge in [-0.15, -0.1) is 0 Å². The van der Waals surface area contributed by atoms with Gasteiger partial charge in [-0.3, -0.25) is 9.59 Å². The van der Waals surface area contributed by atoms with Gasteiger partial charge in [0.05, 0.1) is 22.9 Å². The minimum Gasteiger partial charge on any atom is -0.496 e. The molecular weight excluding hydrogens is 422 g/mol. The van der Waals surface area contributed by atoms with Crippen molar-refractivity contribution < 1.29 is 14.3 Å². The molecule has 0 atom stereocenters. The first kappa shape index (κ1) is 20.6. The molecule has 1 saturated heterocycles. The number of piperazine rings is 1. The number of amides is 1. The molecule has 1 aliphatic heterocycles. The maximum absolute atomic E-state index is 12.6. The third-order valence-corrected chi connectivity index (χ3v) is 6.53. The Balaban J connectivity index is 1.31. The van der Waals surface area contributed by atoms with Crippen molar-refractivity contribution in [1.82, 2.24) is 9.88 Å². The molecule has 1 amide bonds. The van der Waals surface area contributed by atoms with Crippen LogP contribution in [0.15, 0.2) is 42.5 Å². The van der Waals surface area contributed by atoms with Gasteiger partial charge in [-0.1, -0.05) is 35.1 Å². The Kier molecular flexibility index (Phi) is 6.20. The molecule has 2 aromatic carbocycles. The van der Waals surface area contributed by atoms with Crippen LogP contribution in [0.25, 0.3) is 10.2 Å². The maximum Gasteiger partial charge on any atom is 0.223 e. The number of carbonyl (C=O) groups is 2. The standard InChI is InChI=1S/C22H22ClN3O3S/c1-29-19-5-3-2-4-16(19)18(27)8-9-21(28)25-10-12-26(13-11-25)22-24-17-7-6-15(23)14-20(17)30-22/h2-7,14H,8-13H2,1H3. The number of rotatable bonds is 6. The lowest BCUT2D eigenvalue weighted by molar-refractivity contribution is -0.131. The monoisotopic (exact) mass is 443 g/mol. The zero-order valence-electron chi connectivity index (χ0n) is 16.6. The first-order valence-corrected chi connectivity index (χ1v) is 11.0. The summed E-state index contributed by atoms with van der Waals surface area (Å²) in [4.78, 5) is 33.8. The van der Waals surface area contributed by atoms with Crippen molar-refractivity contribution in [3.8, 4) is 5.75 Å². The van der Waals surface area contributed by atoms with Gasteiger partial charge in [0.1, 0.15) is 5.75 Å². The molecule has 0 bridgehead atoms. The number of ether oxygens (including phenoxy) is 1. The van der Waals surface area contributed by atoms with Gasteiger partial charge in [-0.05, 0) is 30.3 Å². The molecule has 2 heterocycles. The number of thiazole rings is 1. The van der Waals surface area contributed by atoms with E-state index in [4.69, 9.17) is 16.3 Å². The molecule has 1 fully saturated rings. The highest BCUT2D eigenvalue weighted by Crippen LogP contribution is 2.31. The number of Topliss-reactive ketones (excluding diaryl/α,β-unsaturated/α-hetero) is 1. The Morgan fingerprint density at radius 1 is 1.10 bits per heavy atom. The number of carbonyl (C=O) groups excluding carboxylic acids is 2. The summed E-state index contributed by atoms with van der Waals surface area (Å²) in [6, 6.07) is 12.8. The number of fused-ring (bicyclic) bond motifs is 1. The third kappa shape index (κ3) is 4.42. The molecule has 3 aromatic rings. The van der Waals surface area contributed by atoms with Crippen molar-refractivity contribution >= 4 is 50.0 Å². The molecule has 0 radical (unpaired) electrons. The Labute approximate surface area is 184 Å². The van der Waals surface area contributed by atoms with Crippen LogP contribution >= 0.6 is 22.9 Å². The van der Waals surface area contributed by atoms with Crippen LogP contribution in [0.3, 0.4) is 0 Å². The van der Waals surface area contributed by atoms with E-state index >= 15 is 0 Å². The molecule has 0 N–H and O–H groups in total. The highest BCUT2D eigenvalue weighted by Gasteiger charge is 2.24. The van der Waals surface area contributed by atoms with Crippen LogP contribution in [0.2, 0.25) is 5.02 Å². The highest BCUT2D eigenvalue weighted by atomic mass is 35.5. The number of para-hydroxylation sites is 1. The largest absolute Gasteiger partial charge is 0.496 e. The molecule has 0 spiro atoms. The Morgan fingerprint density at radius 2 is 1.87 bits per heavy atom. The van der Waals surface area contributed by atoms with Crippen LogP contribution in [0, 0.1) is 0 Å². The van der Waals surface area contributed by atoms with Gasteiger partial charge < -0.3 is 14.5 Å². The van der Waals surface area contributed by atoms with Gasteiger partial charge in [0.15, 0.2) is 10.9 Å². The van der Waals surface area contributed by atoms with Crippen LogP contribution in [0.1, 0.15) is 23.2 Å². The van der Waals surface area contributed by atoms with E-state index in [-0.39, 0.29) is 24.5 Å². The number of hydrogen-bond donors (Lipinski definition) is 0. The van der Waals surface area contributed by atoms with Gasteiger partial charge in [-0.2, -0.15) is 0 Å². The summed E-state index contributed by atoms with van der Waals surface area (Å²) in [5.74, 6) is 0.474. The molecule has 1 aromatic heterocycles. The maximum atomic E-state index is 12.6. The first-order valence-electron chi connectivity index (χ1n) is 9.80. The second-order valence-electron chi connectivity index (χ2n) is 7.10. The highest BCUT2D eigenvalue weighted by molar-refractivity contribution is 7.22. The van der Waals surface area contributed by atoms with Crippen molar-refractivity contribution in [2.75, 3.05) is 38.2 Å². The molecule has 0 unspecified atom stereocenters. The van der Waals surface area contributed by atoms with Gasteiger partial charge in [-0.25, -0.2) is 4.98 Å². The van der Waals surface area contributed by atoms with E-state index in [1.807, 2.05) is 29.2 Å². The quantitative estimate of drug-likeness (QED) is 0.532. The van der Waals surface area contributed by atoms with Crippen molar-refractivity contribution in [3.05, 3.63) is 53.1 Å². The van der Waals surface area contributed by atoms with E-state index in [0.29, 0.717) is 29.4 Å². The van der Waals surface area contributed by atoms with Crippen LogP contribution in [-0.4, -0.2) is 54.9 Å². The fourth-order valence-electron chi connectivity index (χ4n) is 3.56. The fraction of sp³-hybridized carbons (Fsp3) is 0.318. The average Bonchev–Trinajstić information content (AvgIpc) is 3.20. The molecule has 8 heteroatoms. The summed E-state index contributed by atoms with van der Waals surface area (Å²) in [5.41, 5.74) is 1.46. The zero-order chi connectivity index (χ0) is 21.1. The predicted octanol–water partition coefficient (Wildman–Crippen LogP) is 4.27. The normalized spacial score (nSPS) is 14.2. The number of benzene rings is 2. The number of nitrogens with zero attached hydrogens (tertiary/aromatic N) is 3. The average molecular weight is 444 g/mol. The van der Waals surface area contributed by atoms with Crippen molar-refractivity contribution in [3.63, 3.8) is 0 Å². The molecule has 4 rings (SSSR count). The molecule has 0 aliphatic carbocycles. The third-order valence-electron chi connectivity index (χ3n) is 5.22. The van der Waals surface area contributed by atoms with Crippen molar-refractivity contribution in [2.24, 2.45) is 0 Å². The molecule has 1 aliphatic rings. The molecule has 6 nitrogen and oxygen atoms in total. The second kappa shape index (κ2) is 9.02. The smallest absolute Gasteiger partial charge is 0.223 e. The number of ketones is 1. The number of anilines is 1. The van der Waals surface area contributed by atoms with Crippen LogP contribution in [-0.2, 0) is 4.79 Å². The fourth-order valence-corrected chi connectivity index (χ4v) is 4.85. The molecule has 156 valence electrons.